The maximum absolute atomic E-state index is 10.7. The lowest BCUT2D eigenvalue weighted by Gasteiger charge is -2.06. The SMILES string of the molecule is CCCCc1ccc(N=Nc2ccc(OCCCCCCCCCCC/C=C(\C)C(=O)O)cc2)cc1. The molecule has 0 radical (unpaired) electrons. The molecule has 0 fully saturated rings. The Morgan fingerprint density at radius 3 is 1.86 bits per heavy atom. The lowest BCUT2D eigenvalue weighted by Crippen LogP contribution is -1.96. The predicted molar refractivity (Wildman–Crippen MR) is 149 cm³/mol. The number of carboxylic acid groups (broad SMARTS) is 1. The van der Waals surface area contributed by atoms with E-state index in [1.807, 2.05) is 42.5 Å². The summed E-state index contributed by atoms with van der Waals surface area (Å²) in [7, 11) is 0. The van der Waals surface area contributed by atoms with Crippen LogP contribution in [0.15, 0.2) is 70.4 Å². The number of azo groups is 1. The molecular formula is C31H44N2O3. The van der Waals surface area contributed by atoms with Gasteiger partial charge in [-0.15, -0.1) is 0 Å². The fraction of sp³-hybridized carbons (Fsp3) is 0.516. The van der Waals surface area contributed by atoms with Crippen LogP contribution >= 0.6 is 0 Å². The molecule has 0 bridgehead atoms. The van der Waals surface area contributed by atoms with Crippen LogP contribution in [0.3, 0.4) is 0 Å². The molecule has 196 valence electrons. The summed E-state index contributed by atoms with van der Waals surface area (Å²) in [6, 6.07) is 16.1. The van der Waals surface area contributed by atoms with Gasteiger partial charge in [-0.2, -0.15) is 10.2 Å². The third-order valence-corrected chi connectivity index (χ3v) is 6.28. The second-order valence-electron chi connectivity index (χ2n) is 9.48. The van der Waals surface area contributed by atoms with Gasteiger partial charge in [0.2, 0.25) is 0 Å². The zero-order chi connectivity index (χ0) is 25.8. The van der Waals surface area contributed by atoms with Crippen LogP contribution in [-0.2, 0) is 11.2 Å². The van der Waals surface area contributed by atoms with Gasteiger partial charge in [-0.1, -0.05) is 76.5 Å². The Morgan fingerprint density at radius 2 is 1.31 bits per heavy atom. The number of carbonyl (C=O) groups is 1. The Morgan fingerprint density at radius 1 is 0.778 bits per heavy atom. The largest absolute Gasteiger partial charge is 0.494 e. The number of aryl methyl sites for hydroxylation is 1. The fourth-order valence-electron chi connectivity index (χ4n) is 3.91. The molecule has 0 spiro atoms. The van der Waals surface area contributed by atoms with Crippen LogP contribution in [0.25, 0.3) is 0 Å². The first kappa shape index (κ1) is 29.3. The summed E-state index contributed by atoms with van der Waals surface area (Å²) < 4.78 is 5.87. The van der Waals surface area contributed by atoms with Crippen molar-refractivity contribution in [2.75, 3.05) is 6.61 Å². The second-order valence-corrected chi connectivity index (χ2v) is 9.48. The minimum atomic E-state index is -0.809. The summed E-state index contributed by atoms with van der Waals surface area (Å²) in [5, 5.41) is 17.5. The van der Waals surface area contributed by atoms with Gasteiger partial charge in [-0.25, -0.2) is 4.79 Å². The molecule has 0 amide bonds. The van der Waals surface area contributed by atoms with E-state index in [0.717, 1.165) is 49.4 Å². The van der Waals surface area contributed by atoms with Gasteiger partial charge in [0.15, 0.2) is 0 Å². The van der Waals surface area contributed by atoms with Crippen LogP contribution in [0, 0.1) is 0 Å². The highest BCUT2D eigenvalue weighted by molar-refractivity contribution is 5.85. The topological polar surface area (TPSA) is 71.2 Å². The van der Waals surface area contributed by atoms with Crippen molar-refractivity contribution in [1.82, 2.24) is 0 Å². The van der Waals surface area contributed by atoms with E-state index in [2.05, 4.69) is 29.3 Å². The highest BCUT2D eigenvalue weighted by Crippen LogP contribution is 2.22. The van der Waals surface area contributed by atoms with Crippen LogP contribution < -0.4 is 4.74 Å². The molecule has 2 aromatic rings. The van der Waals surface area contributed by atoms with Crippen molar-refractivity contribution in [3.8, 4) is 5.75 Å². The Kier molecular flexibility index (Phi) is 14.9. The molecule has 0 saturated heterocycles. The molecule has 36 heavy (non-hydrogen) atoms. The fourth-order valence-corrected chi connectivity index (χ4v) is 3.91. The van der Waals surface area contributed by atoms with Crippen LogP contribution in [0.2, 0.25) is 0 Å². The molecule has 0 aliphatic rings. The highest BCUT2D eigenvalue weighted by atomic mass is 16.5. The number of nitrogens with zero attached hydrogens (tertiary/aromatic N) is 2. The van der Waals surface area contributed by atoms with Gasteiger partial charge < -0.3 is 9.84 Å². The van der Waals surface area contributed by atoms with Gasteiger partial charge in [0.1, 0.15) is 5.75 Å². The Balaban J connectivity index is 1.49. The molecule has 0 atom stereocenters. The lowest BCUT2D eigenvalue weighted by atomic mass is 10.1. The van der Waals surface area contributed by atoms with Gasteiger partial charge in [-0.05, 0) is 81.0 Å². The van der Waals surface area contributed by atoms with Gasteiger partial charge in [0.25, 0.3) is 0 Å². The molecule has 2 rings (SSSR count). The maximum Gasteiger partial charge on any atom is 0.330 e. The third kappa shape index (κ3) is 13.2. The van der Waals surface area contributed by atoms with Gasteiger partial charge in [0.05, 0.1) is 18.0 Å². The molecule has 1 N–H and O–H groups in total. The van der Waals surface area contributed by atoms with Crippen LogP contribution in [0.5, 0.6) is 5.75 Å². The number of hydrogen-bond donors (Lipinski definition) is 1. The van der Waals surface area contributed by atoms with Crippen molar-refractivity contribution >= 4 is 17.3 Å². The Labute approximate surface area is 217 Å². The number of unbranched alkanes of at least 4 members (excludes halogenated alkanes) is 10. The standard InChI is InChI=1S/C31H44N2O3/c1-3-4-16-27-17-19-28(20-18-27)32-33-29-21-23-30(24-22-29)36-25-14-12-10-8-6-5-7-9-11-13-15-26(2)31(34)35/h15,17-24H,3-14,16,25H2,1-2H3,(H,34,35)/b26-15+,33-32?. The molecular weight excluding hydrogens is 448 g/mol. The molecule has 2 aromatic carbocycles. The summed E-state index contributed by atoms with van der Waals surface area (Å²) in [5.41, 5.74) is 3.50. The zero-order valence-electron chi connectivity index (χ0n) is 22.3. The van der Waals surface area contributed by atoms with Crippen LogP contribution in [0.4, 0.5) is 11.4 Å². The van der Waals surface area contributed by atoms with Gasteiger partial charge in [-0.3, -0.25) is 0 Å². The first-order valence-corrected chi connectivity index (χ1v) is 13.7. The van der Waals surface area contributed by atoms with E-state index in [0.29, 0.717) is 5.57 Å². The average Bonchev–Trinajstić information content (AvgIpc) is 2.90. The minimum absolute atomic E-state index is 0.456. The number of aliphatic carboxylic acids is 1. The van der Waals surface area contributed by atoms with Crippen LogP contribution in [-0.4, -0.2) is 17.7 Å². The maximum atomic E-state index is 10.7. The number of hydrogen-bond acceptors (Lipinski definition) is 4. The number of allylic oxidation sites excluding steroid dienone is 1. The van der Waals surface area contributed by atoms with E-state index < -0.39 is 5.97 Å². The van der Waals surface area contributed by atoms with E-state index >= 15 is 0 Å². The van der Waals surface area contributed by atoms with Crippen molar-refractivity contribution < 1.29 is 14.6 Å². The number of carboxylic acids is 1. The number of benzene rings is 2. The van der Waals surface area contributed by atoms with Crippen molar-refractivity contribution in [3.05, 3.63) is 65.7 Å². The smallest absolute Gasteiger partial charge is 0.330 e. The summed E-state index contributed by atoms with van der Waals surface area (Å²) in [6.07, 6.45) is 17.1. The quantitative estimate of drug-likeness (QED) is 0.120. The van der Waals surface area contributed by atoms with Crippen molar-refractivity contribution in [2.24, 2.45) is 10.2 Å². The van der Waals surface area contributed by atoms with Crippen molar-refractivity contribution in [2.45, 2.75) is 97.3 Å². The minimum Gasteiger partial charge on any atom is -0.494 e. The summed E-state index contributed by atoms with van der Waals surface area (Å²) >= 11 is 0. The predicted octanol–water partition coefficient (Wildman–Crippen LogP) is 9.76. The van der Waals surface area contributed by atoms with Crippen molar-refractivity contribution in [1.29, 1.82) is 0 Å². The van der Waals surface area contributed by atoms with Crippen molar-refractivity contribution in [3.63, 3.8) is 0 Å². The highest BCUT2D eigenvalue weighted by Gasteiger charge is 1.99. The molecule has 5 heteroatoms. The molecule has 0 unspecified atom stereocenters. The number of rotatable bonds is 19. The summed E-state index contributed by atoms with van der Waals surface area (Å²) in [5.74, 6) is 0.0682. The second kappa shape index (κ2) is 18.3. The monoisotopic (exact) mass is 492 g/mol. The van der Waals surface area contributed by atoms with E-state index in [4.69, 9.17) is 9.84 Å². The average molecular weight is 493 g/mol. The van der Waals surface area contributed by atoms with E-state index in [1.54, 1.807) is 6.92 Å². The molecule has 0 saturated carbocycles. The lowest BCUT2D eigenvalue weighted by molar-refractivity contribution is -0.132. The van der Waals surface area contributed by atoms with E-state index in [1.165, 1.54) is 63.4 Å². The summed E-state index contributed by atoms with van der Waals surface area (Å²) in [4.78, 5) is 10.7. The molecule has 0 aliphatic carbocycles. The summed E-state index contributed by atoms with van der Waals surface area (Å²) in [6.45, 7) is 4.61. The third-order valence-electron chi connectivity index (χ3n) is 6.28. The molecule has 5 nitrogen and oxygen atoms in total. The Hall–Kier alpha value is -2.95. The van der Waals surface area contributed by atoms with E-state index in [-0.39, 0.29) is 0 Å². The van der Waals surface area contributed by atoms with Gasteiger partial charge in [0, 0.05) is 5.57 Å². The van der Waals surface area contributed by atoms with Crippen LogP contribution in [0.1, 0.15) is 96.5 Å². The molecule has 0 aromatic heterocycles. The Bertz CT molecular complexity index is 918. The molecule has 0 heterocycles. The normalized spacial score (nSPS) is 11.8. The first-order chi connectivity index (χ1) is 17.6. The zero-order valence-corrected chi connectivity index (χ0v) is 22.3. The first-order valence-electron chi connectivity index (χ1n) is 13.7. The molecule has 0 aliphatic heterocycles. The van der Waals surface area contributed by atoms with E-state index in [9.17, 15) is 4.79 Å². The number of ether oxygens (including phenoxy) is 1. The van der Waals surface area contributed by atoms with Gasteiger partial charge >= 0.3 is 5.97 Å².